The molecule has 4 aliphatic heterocycles. The van der Waals surface area contributed by atoms with Gasteiger partial charge in [0.1, 0.15) is 23.9 Å². The molecule has 0 spiro atoms. The lowest BCUT2D eigenvalue weighted by Gasteiger charge is -2.67. The fourth-order valence-corrected chi connectivity index (χ4v) is 13.0. The maximum absolute atomic E-state index is 15.2. The lowest BCUT2D eigenvalue weighted by Crippen LogP contribution is -2.79. The summed E-state index contributed by atoms with van der Waals surface area (Å²) >= 11 is 0. The fraction of sp³-hybridized carbons (Fsp3) is 0.588. The van der Waals surface area contributed by atoms with Crippen LogP contribution in [-0.2, 0) is 49.5 Å². The Bertz CT molecular complexity index is 2680. The number of aliphatic hydroxyl groups excluding tert-OH is 2. The predicted octanol–water partition coefficient (Wildman–Crippen LogP) is 2.69. The van der Waals surface area contributed by atoms with Gasteiger partial charge in [0, 0.05) is 85.1 Å². The minimum Gasteiger partial charge on any atom is -0.461 e. The number of para-hydroxylation sites is 1. The summed E-state index contributed by atoms with van der Waals surface area (Å²) in [5.74, 6) is -7.34. The number of esters is 3. The van der Waals surface area contributed by atoms with Crippen LogP contribution in [0.4, 0.5) is 0 Å². The minimum absolute atomic E-state index is 0.00337. The number of benzene rings is 1. The number of hydrogen-bond donors (Lipinski definition) is 6. The van der Waals surface area contributed by atoms with E-state index in [9.17, 15) is 44.7 Å². The molecule has 0 radical (unpaired) electrons. The van der Waals surface area contributed by atoms with Crippen LogP contribution in [0.1, 0.15) is 110 Å². The summed E-state index contributed by atoms with van der Waals surface area (Å²) in [6.07, 6.45) is -1.74. The van der Waals surface area contributed by atoms with Crippen molar-refractivity contribution in [2.45, 2.75) is 154 Å². The van der Waals surface area contributed by atoms with Gasteiger partial charge in [0.05, 0.1) is 59.9 Å². The number of ketones is 1. The van der Waals surface area contributed by atoms with Crippen LogP contribution in [0.25, 0.3) is 10.9 Å². The van der Waals surface area contributed by atoms with Crippen LogP contribution in [0.15, 0.2) is 63.8 Å². The second-order valence-electron chi connectivity index (χ2n) is 20.9. The Morgan fingerprint density at radius 2 is 1.84 bits per heavy atom. The topological polar surface area (TPSA) is 264 Å². The van der Waals surface area contributed by atoms with E-state index in [4.69, 9.17) is 28.9 Å². The Labute approximate surface area is 399 Å². The van der Waals surface area contributed by atoms with Gasteiger partial charge in [-0.2, -0.15) is 0 Å². The lowest BCUT2D eigenvalue weighted by atomic mass is 9.42. The molecule has 1 amide bonds. The molecule has 1 aromatic heterocycles. The highest BCUT2D eigenvalue weighted by Crippen LogP contribution is 2.65. The molecule has 3 unspecified atom stereocenters. The highest BCUT2D eigenvalue weighted by Gasteiger charge is 2.75. The van der Waals surface area contributed by atoms with Crippen LogP contribution in [0.5, 0.6) is 0 Å². The number of pyridine rings is 1. The number of nitrogens with one attached hydrogen (secondary N) is 1. The van der Waals surface area contributed by atoms with Gasteiger partial charge in [0.2, 0.25) is 11.7 Å². The van der Waals surface area contributed by atoms with E-state index < -0.39 is 106 Å². The van der Waals surface area contributed by atoms with Gasteiger partial charge >= 0.3 is 17.9 Å². The number of aromatic nitrogens is 1. The molecule has 2 bridgehead atoms. The van der Waals surface area contributed by atoms with Crippen LogP contribution in [0, 0.1) is 22.7 Å². The maximum Gasteiger partial charge on any atom is 0.337 e. The molecule has 7 aliphatic rings. The Kier molecular flexibility index (Phi) is 11.9. The van der Waals surface area contributed by atoms with E-state index in [-0.39, 0.29) is 56.9 Å². The zero-order chi connectivity index (χ0) is 49.9. The Morgan fingerprint density at radius 3 is 2.52 bits per heavy atom. The molecule has 6 N–H and O–H groups in total. The van der Waals surface area contributed by atoms with Crippen molar-refractivity contribution in [3.8, 4) is 0 Å². The van der Waals surface area contributed by atoms with Crippen molar-refractivity contribution in [2.24, 2.45) is 27.7 Å². The monoisotopic (exact) mass is 954 g/mol. The van der Waals surface area contributed by atoms with Crippen LogP contribution in [0.2, 0.25) is 0 Å². The first kappa shape index (κ1) is 48.6. The van der Waals surface area contributed by atoms with Crippen molar-refractivity contribution >= 4 is 46.7 Å². The maximum atomic E-state index is 15.2. The van der Waals surface area contributed by atoms with Crippen molar-refractivity contribution < 1.29 is 68.5 Å². The summed E-state index contributed by atoms with van der Waals surface area (Å²) in [6, 6.07) is 6.28. The van der Waals surface area contributed by atoms with Crippen molar-refractivity contribution in [3.05, 3.63) is 75.7 Å². The van der Waals surface area contributed by atoms with Crippen LogP contribution >= 0.6 is 0 Å². The van der Waals surface area contributed by atoms with E-state index in [0.29, 0.717) is 23.3 Å². The molecule has 13 atom stereocenters. The first-order valence-electron chi connectivity index (χ1n) is 23.8. The fourth-order valence-electron chi connectivity index (χ4n) is 13.0. The molecule has 5 heterocycles. The van der Waals surface area contributed by atoms with Gasteiger partial charge in [-0.25, -0.2) is 9.78 Å². The van der Waals surface area contributed by atoms with Crippen molar-refractivity contribution in [1.82, 2.24) is 15.2 Å². The average Bonchev–Trinajstić information content (AvgIpc) is 3.64. The molecule has 1 aromatic carbocycles. The zero-order valence-corrected chi connectivity index (χ0v) is 40.1. The number of amides is 1. The number of rotatable bonds is 10. The molecule has 69 heavy (non-hydrogen) atoms. The van der Waals surface area contributed by atoms with E-state index >= 15 is 4.79 Å². The number of aliphatic hydroxyl groups is 5. The number of carbonyl (C=O) groups excluding carboxylic acids is 5. The quantitative estimate of drug-likeness (QED) is 0.0866. The summed E-state index contributed by atoms with van der Waals surface area (Å²) in [7, 11) is 0. The van der Waals surface area contributed by atoms with E-state index in [2.05, 4.69) is 10.2 Å². The van der Waals surface area contributed by atoms with Gasteiger partial charge in [-0.15, -0.1) is 0 Å². The molecule has 370 valence electrons. The predicted molar refractivity (Wildman–Crippen MR) is 245 cm³/mol. The van der Waals surface area contributed by atoms with Crippen LogP contribution in [0.3, 0.4) is 0 Å². The highest BCUT2D eigenvalue weighted by molar-refractivity contribution is 6.00. The van der Waals surface area contributed by atoms with E-state index in [1.54, 1.807) is 47.8 Å². The third-order valence-electron chi connectivity index (χ3n) is 16.7. The summed E-state index contributed by atoms with van der Waals surface area (Å²) in [5, 5.41) is 63.1. The number of nitrogens with zero attached hydrogens (tertiary/aromatic N) is 3. The number of Topliss-reactive ketones (excluding diaryl/α,β-unsaturated/α-hetero) is 1. The number of hydrogen-bond acceptors (Lipinski definition) is 17. The number of fused-ring (bicyclic) bond motifs is 10. The van der Waals surface area contributed by atoms with Crippen molar-refractivity contribution in [2.75, 3.05) is 13.2 Å². The Balaban J connectivity index is 0.978. The lowest BCUT2D eigenvalue weighted by molar-refractivity contribution is -0.336. The average molecular weight is 955 g/mol. The Morgan fingerprint density at radius 1 is 1.12 bits per heavy atom. The second kappa shape index (κ2) is 16.9. The third-order valence-corrected chi connectivity index (χ3v) is 16.7. The number of aliphatic imine (C=N–C) groups is 1. The standard InChI is InChI=1S/C51H62N4O14/c1-9-51(65)32-17-34-41-31(22-55(34)21-28(32)16-39(58)69-51)30(29-12-10-11-13-33(29)54-41)20-52-15-14-38(57)68-36-18-37-49(63,23-66-37)44-25(3)50(64)19-35(67-46(62)42(59)26(4)53-27(5)56)24(2)40(47(50,6)7)43(60)45(61)48(36,44)8/h10-13,17,20-21,25-26,34-37,42-44,59-60,63-65H,9,14-16,18-19,22-23H2,1-8H3,(H,53,56)/t25?,26-,34?,35-,36-,37+,42+,43+,44?,48+,49-,50+,51+/m0/s1. The summed E-state index contributed by atoms with van der Waals surface area (Å²) in [4.78, 5) is 78.4. The van der Waals surface area contributed by atoms with Gasteiger partial charge in [-0.05, 0) is 55.6 Å². The molecule has 9 rings (SSSR count). The van der Waals surface area contributed by atoms with E-state index in [1.807, 2.05) is 36.5 Å². The number of cyclic esters (lactones) is 1. The molecule has 2 saturated carbocycles. The highest BCUT2D eigenvalue weighted by atomic mass is 16.7. The minimum atomic E-state index is -1.90. The first-order chi connectivity index (χ1) is 32.4. The van der Waals surface area contributed by atoms with Gasteiger partial charge in [0.25, 0.3) is 0 Å². The molecular formula is C51H62N4O14. The zero-order valence-electron chi connectivity index (χ0n) is 40.1. The van der Waals surface area contributed by atoms with Crippen LogP contribution < -0.4 is 5.32 Å². The smallest absolute Gasteiger partial charge is 0.337 e. The summed E-state index contributed by atoms with van der Waals surface area (Å²) in [6.45, 7) is 12.9. The van der Waals surface area contributed by atoms with Gasteiger partial charge < -0.3 is 54.7 Å². The second-order valence-corrected chi connectivity index (χ2v) is 20.9. The van der Waals surface area contributed by atoms with Gasteiger partial charge in [0.15, 0.2) is 11.9 Å². The SMILES string of the molecule is CC[C@@]1(O)OC(=O)CC2=CN3Cc4c(nc5ccccc5c4C=NCCC(=O)O[C@H]4C[C@H]5OC[C@@]5(O)C5C(C)[C@]6(O)C[C@H](OC(=O)[C@H](O)[C@H](C)NC(C)=O)C(C)=C([C@@H](O)C(=O)[C@@]54C)C6(C)C)C3C=C21. The van der Waals surface area contributed by atoms with E-state index in [0.717, 1.165) is 27.7 Å². The largest absolute Gasteiger partial charge is 0.461 e. The number of carbonyl (C=O) groups is 5. The van der Waals surface area contributed by atoms with Gasteiger partial charge in [-0.3, -0.25) is 24.2 Å². The summed E-state index contributed by atoms with van der Waals surface area (Å²) in [5.41, 5.74) is -1.81. The van der Waals surface area contributed by atoms with Crippen LogP contribution in [-0.4, -0.2) is 138 Å². The molecule has 4 fully saturated rings. The summed E-state index contributed by atoms with van der Waals surface area (Å²) < 4.78 is 23.3. The normalized spacial score (nSPS) is 36.2. The van der Waals surface area contributed by atoms with Gasteiger partial charge in [-0.1, -0.05) is 45.9 Å². The van der Waals surface area contributed by atoms with E-state index in [1.165, 1.54) is 13.8 Å². The molecule has 18 nitrogen and oxygen atoms in total. The molecular weight excluding hydrogens is 893 g/mol. The molecule has 3 aliphatic carbocycles. The molecule has 18 heteroatoms. The first-order valence-corrected chi connectivity index (χ1v) is 23.8. The van der Waals surface area contributed by atoms with Crippen molar-refractivity contribution in [3.63, 3.8) is 0 Å². The number of ether oxygens (including phenoxy) is 4. The van der Waals surface area contributed by atoms with Crippen molar-refractivity contribution in [1.29, 1.82) is 0 Å². The molecule has 2 saturated heterocycles. The Hall–Kier alpha value is -5.37. The third kappa shape index (κ3) is 7.38. The molecule has 2 aromatic rings.